The Bertz CT molecular complexity index is 463. The van der Waals surface area contributed by atoms with E-state index in [9.17, 15) is 10.2 Å². The highest BCUT2D eigenvalue weighted by molar-refractivity contribution is 9.10. The van der Waals surface area contributed by atoms with E-state index in [-0.39, 0.29) is 0 Å². The average Bonchev–Trinajstić information content (AvgIpc) is 2.31. The molecule has 0 atom stereocenters. The van der Waals surface area contributed by atoms with E-state index in [0.717, 1.165) is 4.47 Å². The fourth-order valence-electron chi connectivity index (χ4n) is 1.52. The van der Waals surface area contributed by atoms with Crippen molar-refractivity contribution in [3.8, 4) is 0 Å². The van der Waals surface area contributed by atoms with Crippen LogP contribution in [0.1, 0.15) is 11.1 Å². The zero-order valence-corrected chi connectivity index (χ0v) is 10.1. The number of hydrogen-bond donors (Lipinski definition) is 2. The van der Waals surface area contributed by atoms with E-state index in [4.69, 9.17) is 0 Å². The molecule has 0 aliphatic rings. The molecular weight excluding hydrogens is 268 g/mol. The van der Waals surface area contributed by atoms with E-state index in [2.05, 4.69) is 15.9 Å². The maximum Gasteiger partial charge on any atom is 0.217 e. The molecule has 3 heteroatoms. The van der Waals surface area contributed by atoms with Crippen LogP contribution >= 0.6 is 15.9 Å². The Balaban J connectivity index is 2.43. The number of rotatable bonds is 2. The SMILES string of the molecule is OC(O)(c1ccccc1)c1ccc(Br)cc1. The minimum Gasteiger partial charge on any atom is -0.358 e. The third-order valence-electron chi connectivity index (χ3n) is 2.42. The molecule has 0 fully saturated rings. The van der Waals surface area contributed by atoms with Crippen molar-refractivity contribution in [3.05, 3.63) is 70.2 Å². The Morgan fingerprint density at radius 2 is 1.25 bits per heavy atom. The van der Waals surface area contributed by atoms with E-state index in [1.807, 2.05) is 6.07 Å². The summed E-state index contributed by atoms with van der Waals surface area (Å²) in [5.74, 6) is -1.94. The summed E-state index contributed by atoms with van der Waals surface area (Å²) in [4.78, 5) is 0. The smallest absolute Gasteiger partial charge is 0.217 e. The average molecular weight is 279 g/mol. The zero-order chi connectivity index (χ0) is 11.6. The third kappa shape index (κ3) is 2.16. The highest BCUT2D eigenvalue weighted by Gasteiger charge is 2.27. The molecule has 0 bridgehead atoms. The summed E-state index contributed by atoms with van der Waals surface area (Å²) in [5.41, 5.74) is 0.902. The number of benzene rings is 2. The Morgan fingerprint density at radius 3 is 1.81 bits per heavy atom. The van der Waals surface area contributed by atoms with Gasteiger partial charge >= 0.3 is 0 Å². The first-order valence-electron chi connectivity index (χ1n) is 4.87. The molecule has 0 unspecified atom stereocenters. The molecule has 0 saturated heterocycles. The van der Waals surface area contributed by atoms with Crippen molar-refractivity contribution in [1.29, 1.82) is 0 Å². The van der Waals surface area contributed by atoms with E-state index in [0.29, 0.717) is 11.1 Å². The normalized spacial score (nSPS) is 11.4. The lowest BCUT2D eigenvalue weighted by Gasteiger charge is -2.22. The summed E-state index contributed by atoms with van der Waals surface area (Å²) in [7, 11) is 0. The highest BCUT2D eigenvalue weighted by atomic mass is 79.9. The number of hydrogen-bond acceptors (Lipinski definition) is 2. The summed E-state index contributed by atoms with van der Waals surface area (Å²) in [6.45, 7) is 0. The van der Waals surface area contributed by atoms with Crippen LogP contribution in [0.5, 0.6) is 0 Å². The van der Waals surface area contributed by atoms with Crippen molar-refractivity contribution in [2.24, 2.45) is 0 Å². The molecule has 0 spiro atoms. The van der Waals surface area contributed by atoms with Gasteiger partial charge in [0, 0.05) is 15.6 Å². The van der Waals surface area contributed by atoms with Crippen LogP contribution in [0.2, 0.25) is 0 Å². The molecule has 0 aliphatic carbocycles. The molecule has 2 aromatic carbocycles. The zero-order valence-electron chi connectivity index (χ0n) is 8.47. The topological polar surface area (TPSA) is 40.5 Å². The predicted octanol–water partition coefficient (Wildman–Crippen LogP) is 2.63. The van der Waals surface area contributed by atoms with E-state index in [1.165, 1.54) is 0 Å². The predicted molar refractivity (Wildman–Crippen MR) is 65.8 cm³/mol. The molecule has 2 aromatic rings. The van der Waals surface area contributed by atoms with Gasteiger partial charge in [0.1, 0.15) is 0 Å². The van der Waals surface area contributed by atoms with Gasteiger partial charge in [-0.05, 0) is 12.1 Å². The van der Waals surface area contributed by atoms with Gasteiger partial charge in [-0.1, -0.05) is 58.4 Å². The van der Waals surface area contributed by atoms with Crippen LogP contribution in [0.25, 0.3) is 0 Å². The fraction of sp³-hybridized carbons (Fsp3) is 0.0769. The minimum atomic E-state index is -1.94. The van der Waals surface area contributed by atoms with Crippen LogP contribution in [-0.2, 0) is 5.79 Å². The highest BCUT2D eigenvalue weighted by Crippen LogP contribution is 2.27. The Kier molecular flexibility index (Phi) is 3.10. The van der Waals surface area contributed by atoms with Gasteiger partial charge in [-0.2, -0.15) is 0 Å². The van der Waals surface area contributed by atoms with E-state index >= 15 is 0 Å². The van der Waals surface area contributed by atoms with E-state index in [1.54, 1.807) is 48.5 Å². The van der Waals surface area contributed by atoms with Gasteiger partial charge in [0.15, 0.2) is 0 Å². The van der Waals surface area contributed by atoms with Crippen LogP contribution in [0.3, 0.4) is 0 Å². The standard InChI is InChI=1S/C13H11BrO2/c14-12-8-6-11(7-9-12)13(15,16)10-4-2-1-3-5-10/h1-9,15-16H. The summed E-state index contributed by atoms with van der Waals surface area (Å²) in [5, 5.41) is 20.2. The minimum absolute atomic E-state index is 0.446. The largest absolute Gasteiger partial charge is 0.358 e. The molecule has 0 aromatic heterocycles. The summed E-state index contributed by atoms with van der Waals surface area (Å²) >= 11 is 3.31. The van der Waals surface area contributed by atoms with Crippen LogP contribution in [0, 0.1) is 0 Å². The van der Waals surface area contributed by atoms with Crippen molar-refractivity contribution < 1.29 is 10.2 Å². The third-order valence-corrected chi connectivity index (χ3v) is 2.95. The molecule has 16 heavy (non-hydrogen) atoms. The lowest BCUT2D eigenvalue weighted by atomic mass is 9.98. The maximum absolute atomic E-state index is 10.1. The summed E-state index contributed by atoms with van der Waals surface area (Å²) < 4.78 is 0.903. The van der Waals surface area contributed by atoms with Crippen molar-refractivity contribution in [2.45, 2.75) is 5.79 Å². The lowest BCUT2D eigenvalue weighted by molar-refractivity contribution is -0.132. The van der Waals surface area contributed by atoms with Crippen molar-refractivity contribution in [1.82, 2.24) is 0 Å². The van der Waals surface area contributed by atoms with Gasteiger partial charge in [0.2, 0.25) is 5.79 Å². The van der Waals surface area contributed by atoms with Gasteiger partial charge in [0.25, 0.3) is 0 Å². The Morgan fingerprint density at radius 1 is 0.750 bits per heavy atom. The first kappa shape index (κ1) is 11.3. The Labute approximate surface area is 102 Å². The van der Waals surface area contributed by atoms with Crippen LogP contribution < -0.4 is 0 Å². The molecule has 0 heterocycles. The van der Waals surface area contributed by atoms with Crippen molar-refractivity contribution in [3.63, 3.8) is 0 Å². The second-order valence-electron chi connectivity index (χ2n) is 3.55. The monoisotopic (exact) mass is 278 g/mol. The van der Waals surface area contributed by atoms with Crippen LogP contribution in [0.4, 0.5) is 0 Å². The van der Waals surface area contributed by atoms with Crippen LogP contribution in [-0.4, -0.2) is 10.2 Å². The number of aliphatic hydroxyl groups is 2. The first-order valence-corrected chi connectivity index (χ1v) is 5.66. The maximum atomic E-state index is 10.1. The molecular formula is C13H11BrO2. The molecule has 0 saturated carbocycles. The van der Waals surface area contributed by atoms with Crippen molar-refractivity contribution in [2.75, 3.05) is 0 Å². The van der Waals surface area contributed by atoms with E-state index < -0.39 is 5.79 Å². The molecule has 0 amide bonds. The van der Waals surface area contributed by atoms with Gasteiger partial charge < -0.3 is 10.2 Å². The van der Waals surface area contributed by atoms with Gasteiger partial charge in [0.05, 0.1) is 0 Å². The first-order chi connectivity index (χ1) is 7.60. The Hall–Kier alpha value is -1.16. The van der Waals surface area contributed by atoms with Crippen LogP contribution in [0.15, 0.2) is 59.1 Å². The number of halogens is 1. The molecule has 0 aliphatic heterocycles. The molecule has 0 radical (unpaired) electrons. The molecule has 2 nitrogen and oxygen atoms in total. The molecule has 82 valence electrons. The van der Waals surface area contributed by atoms with Gasteiger partial charge in [-0.3, -0.25) is 0 Å². The summed E-state index contributed by atoms with van der Waals surface area (Å²) in [6.07, 6.45) is 0. The second kappa shape index (κ2) is 4.37. The fourth-order valence-corrected chi connectivity index (χ4v) is 1.78. The van der Waals surface area contributed by atoms with Gasteiger partial charge in [-0.25, -0.2) is 0 Å². The molecule has 2 rings (SSSR count). The quantitative estimate of drug-likeness (QED) is 0.830. The second-order valence-corrected chi connectivity index (χ2v) is 4.46. The summed E-state index contributed by atoms with van der Waals surface area (Å²) in [6, 6.07) is 15.7. The molecule has 2 N–H and O–H groups in total. The lowest BCUT2D eigenvalue weighted by Crippen LogP contribution is -2.26. The van der Waals surface area contributed by atoms with Crippen molar-refractivity contribution >= 4 is 15.9 Å². The van der Waals surface area contributed by atoms with Gasteiger partial charge in [-0.15, -0.1) is 0 Å².